The van der Waals surface area contributed by atoms with Gasteiger partial charge in [0.15, 0.2) is 5.82 Å². The molecule has 6 nitrogen and oxygen atoms in total. The van der Waals surface area contributed by atoms with Crippen LogP contribution in [-0.2, 0) is 0 Å². The third-order valence-electron chi connectivity index (χ3n) is 6.06. The van der Waals surface area contributed by atoms with E-state index in [9.17, 15) is 0 Å². The van der Waals surface area contributed by atoms with Gasteiger partial charge in [0.25, 0.3) is 0 Å². The number of H-pyrrole nitrogens is 1. The fraction of sp³-hybridized carbons (Fsp3) is 0.304. The van der Waals surface area contributed by atoms with E-state index in [4.69, 9.17) is 4.74 Å². The van der Waals surface area contributed by atoms with Crippen LogP contribution in [0.15, 0.2) is 42.7 Å². The van der Waals surface area contributed by atoms with Gasteiger partial charge in [0.05, 0.1) is 7.11 Å². The molecule has 29 heavy (non-hydrogen) atoms. The van der Waals surface area contributed by atoms with Gasteiger partial charge in [-0.1, -0.05) is 12.1 Å². The summed E-state index contributed by atoms with van der Waals surface area (Å²) in [5, 5.41) is 1.07. The Hall–Kier alpha value is -3.28. The van der Waals surface area contributed by atoms with E-state index in [2.05, 4.69) is 56.8 Å². The molecule has 0 bridgehead atoms. The Balaban J connectivity index is 1.45. The van der Waals surface area contributed by atoms with Gasteiger partial charge in [0.1, 0.15) is 23.1 Å². The molecule has 0 atom stereocenters. The number of anilines is 2. The van der Waals surface area contributed by atoms with Gasteiger partial charge in [0.2, 0.25) is 0 Å². The molecule has 0 spiro atoms. The van der Waals surface area contributed by atoms with E-state index in [0.29, 0.717) is 0 Å². The first-order chi connectivity index (χ1) is 14.2. The minimum atomic E-state index is 0.834. The van der Waals surface area contributed by atoms with Crippen molar-refractivity contribution in [3.05, 3.63) is 53.9 Å². The zero-order valence-corrected chi connectivity index (χ0v) is 17.1. The monoisotopic (exact) mass is 387 g/mol. The smallest absolute Gasteiger partial charge is 0.156 e. The van der Waals surface area contributed by atoms with Crippen molar-refractivity contribution >= 4 is 33.4 Å². The van der Waals surface area contributed by atoms with E-state index < -0.39 is 0 Å². The molecule has 148 valence electrons. The Kier molecular flexibility index (Phi) is 4.27. The normalized spacial score (nSPS) is 14.7. The third kappa shape index (κ3) is 2.95. The highest BCUT2D eigenvalue weighted by atomic mass is 16.5. The second kappa shape index (κ2) is 6.95. The second-order valence-electron chi connectivity index (χ2n) is 7.65. The minimum Gasteiger partial charge on any atom is -0.497 e. The number of piperazine rings is 1. The number of ether oxygens (including phenoxy) is 1. The number of methoxy groups -OCH3 is 1. The van der Waals surface area contributed by atoms with Crippen molar-refractivity contribution in [3.8, 4) is 5.75 Å². The number of aromatic nitrogens is 3. The first-order valence-corrected chi connectivity index (χ1v) is 10.0. The van der Waals surface area contributed by atoms with Crippen LogP contribution >= 0.6 is 0 Å². The maximum absolute atomic E-state index is 5.39. The van der Waals surface area contributed by atoms with Gasteiger partial charge in [-0.25, -0.2) is 9.97 Å². The van der Waals surface area contributed by atoms with Gasteiger partial charge in [-0.15, -0.1) is 0 Å². The van der Waals surface area contributed by atoms with Crippen molar-refractivity contribution in [2.45, 2.75) is 13.8 Å². The topological polar surface area (TPSA) is 57.3 Å². The Morgan fingerprint density at radius 3 is 2.55 bits per heavy atom. The summed E-state index contributed by atoms with van der Waals surface area (Å²) in [5.74, 6) is 1.81. The standard InChI is InChI=1S/C23H25N5O/c1-15-5-4-6-20(16(15)2)27-9-11-28(12-10-27)23-22-21(24-14-25-23)18-13-17(29-3)7-8-19(18)26-22/h4-8,13-14,26H,9-12H2,1-3H3. The molecule has 0 aliphatic carbocycles. The van der Waals surface area contributed by atoms with Crippen LogP contribution in [0.25, 0.3) is 21.9 Å². The minimum absolute atomic E-state index is 0.834. The molecular formula is C23H25N5O. The van der Waals surface area contributed by atoms with Crippen LogP contribution in [0.2, 0.25) is 0 Å². The number of nitrogens with zero attached hydrogens (tertiary/aromatic N) is 4. The first kappa shape index (κ1) is 17.8. The lowest BCUT2D eigenvalue weighted by molar-refractivity contribution is 0.415. The highest BCUT2D eigenvalue weighted by Crippen LogP contribution is 2.32. The van der Waals surface area contributed by atoms with E-state index in [1.54, 1.807) is 13.4 Å². The number of hydrogen-bond acceptors (Lipinski definition) is 5. The van der Waals surface area contributed by atoms with E-state index >= 15 is 0 Å². The molecule has 2 aromatic heterocycles. The Morgan fingerprint density at radius 2 is 1.76 bits per heavy atom. The average Bonchev–Trinajstić information content (AvgIpc) is 3.14. The van der Waals surface area contributed by atoms with Crippen LogP contribution in [-0.4, -0.2) is 48.2 Å². The molecule has 1 aliphatic rings. The summed E-state index contributed by atoms with van der Waals surface area (Å²) in [7, 11) is 1.69. The van der Waals surface area contributed by atoms with Gasteiger partial charge in [-0.05, 0) is 49.2 Å². The summed E-state index contributed by atoms with van der Waals surface area (Å²) in [6.45, 7) is 8.20. The van der Waals surface area contributed by atoms with Crippen molar-refractivity contribution in [1.29, 1.82) is 0 Å². The number of aromatic amines is 1. The maximum Gasteiger partial charge on any atom is 0.156 e. The highest BCUT2D eigenvalue weighted by Gasteiger charge is 2.22. The van der Waals surface area contributed by atoms with Crippen LogP contribution < -0.4 is 14.5 Å². The Morgan fingerprint density at radius 1 is 0.966 bits per heavy atom. The molecule has 1 fully saturated rings. The van der Waals surface area contributed by atoms with Gasteiger partial charge in [-0.3, -0.25) is 0 Å². The molecule has 0 radical (unpaired) electrons. The van der Waals surface area contributed by atoms with E-state index in [-0.39, 0.29) is 0 Å². The molecule has 0 amide bonds. The largest absolute Gasteiger partial charge is 0.497 e. The summed E-state index contributed by atoms with van der Waals surface area (Å²) < 4.78 is 5.39. The average molecular weight is 387 g/mol. The van der Waals surface area contributed by atoms with Crippen LogP contribution in [0.3, 0.4) is 0 Å². The van der Waals surface area contributed by atoms with Crippen LogP contribution in [0.1, 0.15) is 11.1 Å². The summed E-state index contributed by atoms with van der Waals surface area (Å²) in [6, 6.07) is 12.6. The lowest BCUT2D eigenvalue weighted by Gasteiger charge is -2.37. The fourth-order valence-electron chi connectivity index (χ4n) is 4.26. The van der Waals surface area contributed by atoms with Crippen molar-refractivity contribution in [2.24, 2.45) is 0 Å². The number of hydrogen-bond donors (Lipinski definition) is 1. The molecule has 6 heteroatoms. The van der Waals surface area contributed by atoms with Crippen LogP contribution in [0.5, 0.6) is 5.75 Å². The molecule has 2 aromatic carbocycles. The van der Waals surface area contributed by atoms with E-state index in [1.807, 2.05) is 18.2 Å². The number of rotatable bonds is 3. The summed E-state index contributed by atoms with van der Waals surface area (Å²) in [5.41, 5.74) is 7.05. The number of aryl methyl sites for hydroxylation is 1. The zero-order valence-electron chi connectivity index (χ0n) is 17.1. The SMILES string of the molecule is COc1ccc2[nH]c3c(N4CCN(c5cccc(C)c5C)CC4)ncnc3c2c1. The first-order valence-electron chi connectivity index (χ1n) is 10.0. The summed E-state index contributed by atoms with van der Waals surface area (Å²) in [6.07, 6.45) is 1.67. The quantitative estimate of drug-likeness (QED) is 0.574. The van der Waals surface area contributed by atoms with Crippen molar-refractivity contribution in [3.63, 3.8) is 0 Å². The fourth-order valence-corrected chi connectivity index (χ4v) is 4.26. The van der Waals surface area contributed by atoms with E-state index in [0.717, 1.165) is 59.7 Å². The maximum atomic E-state index is 5.39. The summed E-state index contributed by atoms with van der Waals surface area (Å²) in [4.78, 5) is 17.5. The second-order valence-corrected chi connectivity index (χ2v) is 7.65. The number of benzene rings is 2. The van der Waals surface area contributed by atoms with Crippen molar-refractivity contribution < 1.29 is 4.74 Å². The van der Waals surface area contributed by atoms with Crippen LogP contribution in [0.4, 0.5) is 11.5 Å². The molecule has 1 aliphatic heterocycles. The molecule has 0 unspecified atom stereocenters. The van der Waals surface area contributed by atoms with Gasteiger partial charge >= 0.3 is 0 Å². The van der Waals surface area contributed by atoms with Gasteiger partial charge < -0.3 is 19.5 Å². The predicted octanol–water partition coefficient (Wildman–Crippen LogP) is 4.06. The molecule has 1 N–H and O–H groups in total. The molecule has 0 saturated carbocycles. The number of nitrogens with one attached hydrogen (secondary N) is 1. The predicted molar refractivity (Wildman–Crippen MR) is 118 cm³/mol. The molecule has 3 heterocycles. The molecule has 4 aromatic rings. The van der Waals surface area contributed by atoms with Crippen molar-refractivity contribution in [1.82, 2.24) is 15.0 Å². The Bertz CT molecular complexity index is 1190. The zero-order chi connectivity index (χ0) is 20.0. The molecule has 5 rings (SSSR count). The lowest BCUT2D eigenvalue weighted by atomic mass is 10.1. The third-order valence-corrected chi connectivity index (χ3v) is 6.06. The molecule has 1 saturated heterocycles. The summed E-state index contributed by atoms with van der Waals surface area (Å²) >= 11 is 0. The van der Waals surface area contributed by atoms with E-state index in [1.165, 1.54) is 16.8 Å². The van der Waals surface area contributed by atoms with Crippen LogP contribution in [0, 0.1) is 13.8 Å². The van der Waals surface area contributed by atoms with Gasteiger partial charge in [-0.2, -0.15) is 0 Å². The molecular weight excluding hydrogens is 362 g/mol. The number of fused-ring (bicyclic) bond motifs is 3. The highest BCUT2D eigenvalue weighted by molar-refractivity contribution is 6.08. The lowest BCUT2D eigenvalue weighted by Crippen LogP contribution is -2.47. The Labute approximate surface area is 170 Å². The van der Waals surface area contributed by atoms with Gasteiger partial charge in [0, 0.05) is 42.8 Å². The van der Waals surface area contributed by atoms with Crippen molar-refractivity contribution in [2.75, 3.05) is 43.1 Å².